The topological polar surface area (TPSA) is 67.2 Å². The number of carbonyl (C=O) groups excluding carboxylic acids is 1. The molecule has 0 radical (unpaired) electrons. The first-order chi connectivity index (χ1) is 7.59. The molecule has 2 amide bonds. The molecule has 0 fully saturated rings. The molecular weight excluding hydrogens is 249 g/mol. The largest absolute Gasteiger partial charge is 0.352 e. The Bertz CT molecular complexity index is 371. The summed E-state index contributed by atoms with van der Waals surface area (Å²) in [5.74, 6) is 0. The lowest BCUT2D eigenvalue weighted by Gasteiger charge is -2.07. The highest BCUT2D eigenvalue weighted by Gasteiger charge is 2.00. The Balaban J connectivity index is 2.31. The van der Waals surface area contributed by atoms with E-state index < -0.39 is 6.03 Å². The average molecular weight is 262 g/mol. The van der Waals surface area contributed by atoms with Crippen LogP contribution in [0.1, 0.15) is 5.56 Å². The van der Waals surface area contributed by atoms with Crippen molar-refractivity contribution in [2.45, 2.75) is 6.54 Å². The molecule has 0 unspecified atom stereocenters. The standard InChI is InChI=1S/C10H13Cl2N3O/c11-8-1-2-9(12)7(5-8)6-14-3-4-15-10(13)16/h1-2,5,14H,3-4,6H2,(H3,13,15,16). The van der Waals surface area contributed by atoms with Crippen molar-refractivity contribution in [1.29, 1.82) is 0 Å². The molecule has 0 aliphatic carbocycles. The Morgan fingerprint density at radius 3 is 2.75 bits per heavy atom. The number of carbonyl (C=O) groups is 1. The second-order valence-corrected chi connectivity index (χ2v) is 4.05. The minimum absolute atomic E-state index is 0.480. The van der Waals surface area contributed by atoms with Crippen LogP contribution < -0.4 is 16.4 Å². The molecule has 6 heteroatoms. The van der Waals surface area contributed by atoms with Gasteiger partial charge in [0.05, 0.1) is 0 Å². The number of hydrogen-bond acceptors (Lipinski definition) is 2. The molecule has 88 valence electrons. The molecule has 0 spiro atoms. The van der Waals surface area contributed by atoms with Gasteiger partial charge in [-0.15, -0.1) is 0 Å². The van der Waals surface area contributed by atoms with E-state index in [0.717, 1.165) is 5.56 Å². The van der Waals surface area contributed by atoms with Gasteiger partial charge in [0, 0.05) is 29.7 Å². The molecule has 0 atom stereocenters. The van der Waals surface area contributed by atoms with Gasteiger partial charge in [0.25, 0.3) is 0 Å². The van der Waals surface area contributed by atoms with Gasteiger partial charge in [-0.25, -0.2) is 4.79 Å². The van der Waals surface area contributed by atoms with Crippen LogP contribution in [0.4, 0.5) is 4.79 Å². The lowest BCUT2D eigenvalue weighted by Crippen LogP contribution is -2.35. The first-order valence-electron chi connectivity index (χ1n) is 4.77. The number of hydrogen-bond donors (Lipinski definition) is 3. The number of nitrogens with one attached hydrogen (secondary N) is 2. The fraction of sp³-hybridized carbons (Fsp3) is 0.300. The number of nitrogens with two attached hydrogens (primary N) is 1. The van der Waals surface area contributed by atoms with E-state index in [-0.39, 0.29) is 0 Å². The van der Waals surface area contributed by atoms with E-state index >= 15 is 0 Å². The highest BCUT2D eigenvalue weighted by atomic mass is 35.5. The molecule has 1 rings (SSSR count). The van der Waals surface area contributed by atoms with Crippen molar-refractivity contribution in [3.05, 3.63) is 33.8 Å². The first-order valence-corrected chi connectivity index (χ1v) is 5.53. The van der Waals surface area contributed by atoms with E-state index in [1.807, 2.05) is 0 Å². The lowest BCUT2D eigenvalue weighted by atomic mass is 10.2. The fourth-order valence-corrected chi connectivity index (χ4v) is 1.55. The highest BCUT2D eigenvalue weighted by molar-refractivity contribution is 6.33. The van der Waals surface area contributed by atoms with Crippen molar-refractivity contribution in [1.82, 2.24) is 10.6 Å². The minimum atomic E-state index is -0.525. The van der Waals surface area contributed by atoms with Gasteiger partial charge in [0.1, 0.15) is 0 Å². The Labute approximate surface area is 104 Å². The summed E-state index contributed by atoms with van der Waals surface area (Å²) >= 11 is 11.8. The third-order valence-electron chi connectivity index (χ3n) is 1.92. The maximum absolute atomic E-state index is 10.4. The Kier molecular flexibility index (Phi) is 5.38. The number of benzene rings is 1. The van der Waals surface area contributed by atoms with E-state index in [9.17, 15) is 4.79 Å². The van der Waals surface area contributed by atoms with Crippen molar-refractivity contribution in [3.63, 3.8) is 0 Å². The molecule has 4 nitrogen and oxygen atoms in total. The molecule has 1 aromatic carbocycles. The zero-order chi connectivity index (χ0) is 12.0. The molecule has 0 saturated carbocycles. The van der Waals surface area contributed by atoms with E-state index in [1.165, 1.54) is 0 Å². The van der Waals surface area contributed by atoms with Crippen LogP contribution in [0.3, 0.4) is 0 Å². The second kappa shape index (κ2) is 6.58. The van der Waals surface area contributed by atoms with Gasteiger partial charge in [-0.05, 0) is 23.8 Å². The fourth-order valence-electron chi connectivity index (χ4n) is 1.18. The molecule has 16 heavy (non-hydrogen) atoms. The van der Waals surface area contributed by atoms with Crippen molar-refractivity contribution in [3.8, 4) is 0 Å². The Hall–Kier alpha value is -0.970. The Morgan fingerprint density at radius 1 is 1.31 bits per heavy atom. The van der Waals surface area contributed by atoms with Crippen molar-refractivity contribution >= 4 is 29.2 Å². The van der Waals surface area contributed by atoms with Crippen molar-refractivity contribution in [2.75, 3.05) is 13.1 Å². The second-order valence-electron chi connectivity index (χ2n) is 3.20. The van der Waals surface area contributed by atoms with Crippen LogP contribution in [0, 0.1) is 0 Å². The molecular formula is C10H13Cl2N3O. The van der Waals surface area contributed by atoms with Crippen LogP contribution in [0.25, 0.3) is 0 Å². The van der Waals surface area contributed by atoms with Crippen molar-refractivity contribution < 1.29 is 4.79 Å². The van der Waals surface area contributed by atoms with Crippen molar-refractivity contribution in [2.24, 2.45) is 5.73 Å². The molecule has 0 aromatic heterocycles. The summed E-state index contributed by atoms with van der Waals surface area (Å²) in [7, 11) is 0. The zero-order valence-corrected chi connectivity index (χ0v) is 10.1. The average Bonchev–Trinajstić information content (AvgIpc) is 2.22. The smallest absolute Gasteiger partial charge is 0.312 e. The predicted octanol–water partition coefficient (Wildman–Crippen LogP) is 1.75. The van der Waals surface area contributed by atoms with Crippen LogP contribution in [-0.2, 0) is 6.54 Å². The number of amides is 2. The quantitative estimate of drug-likeness (QED) is 0.708. The lowest BCUT2D eigenvalue weighted by molar-refractivity contribution is 0.249. The van der Waals surface area contributed by atoms with Crippen LogP contribution >= 0.6 is 23.2 Å². The zero-order valence-electron chi connectivity index (χ0n) is 8.59. The van der Waals surface area contributed by atoms with Crippen LogP contribution in [0.5, 0.6) is 0 Å². The van der Waals surface area contributed by atoms with Crippen LogP contribution in [0.15, 0.2) is 18.2 Å². The number of halogens is 2. The summed E-state index contributed by atoms with van der Waals surface area (Å²) in [6.45, 7) is 1.69. The molecule has 1 aromatic rings. The van der Waals surface area contributed by atoms with Gasteiger partial charge >= 0.3 is 6.03 Å². The summed E-state index contributed by atoms with van der Waals surface area (Å²) < 4.78 is 0. The van der Waals surface area contributed by atoms with E-state index in [0.29, 0.717) is 29.7 Å². The van der Waals surface area contributed by atoms with E-state index in [1.54, 1.807) is 18.2 Å². The summed E-state index contributed by atoms with van der Waals surface area (Å²) in [4.78, 5) is 10.4. The number of primary amides is 1. The maximum atomic E-state index is 10.4. The monoisotopic (exact) mass is 261 g/mol. The van der Waals surface area contributed by atoms with Gasteiger partial charge in [-0.2, -0.15) is 0 Å². The summed E-state index contributed by atoms with van der Waals surface area (Å²) in [6.07, 6.45) is 0. The molecule has 0 aliphatic heterocycles. The molecule has 0 heterocycles. The molecule has 0 saturated heterocycles. The van der Waals surface area contributed by atoms with Gasteiger partial charge in [-0.1, -0.05) is 23.2 Å². The number of urea groups is 1. The van der Waals surface area contributed by atoms with Gasteiger partial charge in [-0.3, -0.25) is 0 Å². The van der Waals surface area contributed by atoms with Crippen LogP contribution in [-0.4, -0.2) is 19.1 Å². The molecule has 0 aliphatic rings. The minimum Gasteiger partial charge on any atom is -0.352 e. The van der Waals surface area contributed by atoms with E-state index in [2.05, 4.69) is 10.6 Å². The SMILES string of the molecule is NC(=O)NCCNCc1cc(Cl)ccc1Cl. The normalized spacial score (nSPS) is 10.1. The molecule has 0 bridgehead atoms. The summed E-state index contributed by atoms with van der Waals surface area (Å²) in [5.41, 5.74) is 5.84. The maximum Gasteiger partial charge on any atom is 0.312 e. The predicted molar refractivity (Wildman–Crippen MR) is 65.8 cm³/mol. The third kappa shape index (κ3) is 4.70. The van der Waals surface area contributed by atoms with Gasteiger partial charge in [0.15, 0.2) is 0 Å². The summed E-state index contributed by atoms with van der Waals surface area (Å²) in [5, 5.41) is 6.90. The van der Waals surface area contributed by atoms with E-state index in [4.69, 9.17) is 28.9 Å². The van der Waals surface area contributed by atoms with Crippen LogP contribution in [0.2, 0.25) is 10.0 Å². The highest BCUT2D eigenvalue weighted by Crippen LogP contribution is 2.20. The third-order valence-corrected chi connectivity index (χ3v) is 2.53. The first kappa shape index (κ1) is 13.1. The van der Waals surface area contributed by atoms with Gasteiger partial charge in [0.2, 0.25) is 0 Å². The molecule has 4 N–H and O–H groups in total. The number of rotatable bonds is 5. The van der Waals surface area contributed by atoms with Gasteiger partial charge < -0.3 is 16.4 Å². The Morgan fingerprint density at radius 2 is 2.06 bits per heavy atom. The summed E-state index contributed by atoms with van der Waals surface area (Å²) in [6, 6.07) is 4.77.